The molecule has 0 unspecified atom stereocenters. The Morgan fingerprint density at radius 2 is 1.89 bits per heavy atom. The quantitative estimate of drug-likeness (QED) is 0.805. The van der Waals surface area contributed by atoms with Crippen LogP contribution in [0.2, 0.25) is 0 Å². The molecule has 108 valence electrons. The largest absolute Gasteiger partial charge is 0.491 e. The molecule has 2 heterocycles. The maximum atomic E-state index is 8.75. The van der Waals surface area contributed by atoms with Crippen molar-refractivity contribution in [3.05, 3.63) is 23.3 Å². The van der Waals surface area contributed by atoms with Crippen LogP contribution in [0.25, 0.3) is 0 Å². The Morgan fingerprint density at radius 1 is 1.21 bits per heavy atom. The van der Waals surface area contributed by atoms with E-state index >= 15 is 0 Å². The van der Waals surface area contributed by atoms with Crippen molar-refractivity contribution < 1.29 is 9.45 Å². The Kier molecular flexibility index (Phi) is 4.67. The highest BCUT2D eigenvalue weighted by molar-refractivity contribution is 5.67. The number of hydrogen-bond donors (Lipinski definition) is 0. The fourth-order valence-corrected chi connectivity index (χ4v) is 3.11. The van der Waals surface area contributed by atoms with Gasteiger partial charge in [-0.3, -0.25) is 4.72 Å². The van der Waals surface area contributed by atoms with Gasteiger partial charge in [0, 0.05) is 24.3 Å². The van der Waals surface area contributed by atoms with Gasteiger partial charge in [0.25, 0.3) is 1.45 Å². The fraction of sp³-hybridized carbons (Fsp3) is 0.625. The van der Waals surface area contributed by atoms with E-state index in [0.29, 0.717) is 0 Å². The number of benzene rings is 1. The van der Waals surface area contributed by atoms with Gasteiger partial charge >= 0.3 is 0 Å². The maximum absolute atomic E-state index is 8.75. The van der Waals surface area contributed by atoms with Crippen molar-refractivity contribution in [1.29, 1.82) is 1.45 Å². The summed E-state index contributed by atoms with van der Waals surface area (Å²) in [7, 11) is 0. The minimum atomic E-state index is 0. The standard InChI is InChI=1S/C15H21NO.CH4.FH/c1-11(2)17-14-8-7-12-5-3-9-16-10-4-6-13(14)15(12)16;;/h7-8,11H,3-6,9-10H2,1-2H3;1H4;1H/i/hT. The van der Waals surface area contributed by atoms with Crippen molar-refractivity contribution in [2.24, 2.45) is 0 Å². The Bertz CT molecular complexity index is 435. The highest BCUT2D eigenvalue weighted by Gasteiger charge is 2.26. The minimum absolute atomic E-state index is 0. The predicted octanol–water partition coefficient (Wildman–Crippen LogP) is 3.96. The summed E-state index contributed by atoms with van der Waals surface area (Å²) >= 11 is 0. The van der Waals surface area contributed by atoms with Gasteiger partial charge in [-0.15, -0.1) is 0 Å². The summed E-state index contributed by atoms with van der Waals surface area (Å²) < 4.78 is 19.0. The lowest BCUT2D eigenvalue weighted by molar-refractivity contribution is 0.239. The molecule has 0 fully saturated rings. The number of nitrogens with zero attached hydrogens (tertiary/aromatic N) is 1. The van der Waals surface area contributed by atoms with E-state index in [4.69, 9.17) is 9.45 Å². The van der Waals surface area contributed by atoms with E-state index in [0.717, 1.165) is 5.75 Å². The molecule has 0 radical (unpaired) electrons. The van der Waals surface area contributed by atoms with Crippen molar-refractivity contribution in [2.45, 2.75) is 53.1 Å². The summed E-state index contributed by atoms with van der Waals surface area (Å²) in [6.45, 7) is 6.66. The Hall–Kier alpha value is -1.25. The van der Waals surface area contributed by atoms with Gasteiger partial charge in [0.1, 0.15) is 5.75 Å². The monoisotopic (exact) mass is 269 g/mol. The molecule has 0 spiro atoms. The molecule has 0 atom stereocenters. The van der Waals surface area contributed by atoms with E-state index in [2.05, 4.69) is 32.3 Å². The van der Waals surface area contributed by atoms with Crippen LogP contribution in [0.1, 0.15) is 45.2 Å². The van der Waals surface area contributed by atoms with Crippen LogP contribution in [0.4, 0.5) is 10.4 Å². The predicted molar refractivity (Wildman–Crippen MR) is 80.3 cm³/mol. The number of rotatable bonds is 2. The molecule has 2 nitrogen and oxygen atoms in total. The van der Waals surface area contributed by atoms with Crippen molar-refractivity contribution in [2.75, 3.05) is 18.0 Å². The first kappa shape index (κ1) is 14.2. The van der Waals surface area contributed by atoms with Gasteiger partial charge in [0.05, 0.1) is 6.10 Å². The molecule has 0 bridgehead atoms. The van der Waals surface area contributed by atoms with Crippen molar-refractivity contribution in [1.82, 2.24) is 0 Å². The molecule has 0 saturated heterocycles. The second kappa shape index (κ2) is 6.27. The Morgan fingerprint density at radius 3 is 2.58 bits per heavy atom. The molecular weight excluding hydrogens is 241 g/mol. The van der Waals surface area contributed by atoms with Crippen LogP contribution in [-0.2, 0) is 12.8 Å². The third kappa shape index (κ3) is 2.85. The van der Waals surface area contributed by atoms with Gasteiger partial charge in [-0.1, -0.05) is 13.5 Å². The molecule has 0 amide bonds. The number of aryl methyl sites for hydroxylation is 1. The highest BCUT2D eigenvalue weighted by atomic mass is 19.0. The van der Waals surface area contributed by atoms with Crippen LogP contribution in [0, 0.1) is 0 Å². The van der Waals surface area contributed by atoms with Crippen LogP contribution in [0.15, 0.2) is 12.1 Å². The molecule has 19 heavy (non-hydrogen) atoms. The lowest BCUT2D eigenvalue weighted by Crippen LogP contribution is -2.34. The zero-order valence-electron chi connectivity index (χ0n) is 12.2. The normalized spacial score (nSPS) is 16.6. The summed E-state index contributed by atoms with van der Waals surface area (Å²) in [5, 5.41) is 0. The molecule has 2 aliphatic heterocycles. The average molecular weight is 269 g/mol. The Labute approximate surface area is 117 Å². The molecule has 0 aromatic heterocycles. The van der Waals surface area contributed by atoms with Crippen LogP contribution in [-0.4, -0.2) is 20.6 Å². The SMILES string of the molecule is C.CC(C)Oc1ccc2c3c1CCCN3CCC2.[3H]F. The topological polar surface area (TPSA) is 12.5 Å². The van der Waals surface area contributed by atoms with Crippen LogP contribution >= 0.6 is 0 Å². The molecule has 0 N–H and O–H groups in total. The van der Waals surface area contributed by atoms with Crippen molar-refractivity contribution in [3.63, 3.8) is 0 Å². The minimum Gasteiger partial charge on any atom is -0.491 e. The summed E-state index contributed by atoms with van der Waals surface area (Å²) in [6.07, 6.45) is 5.26. The first-order valence-electron chi connectivity index (χ1n) is 7.20. The van der Waals surface area contributed by atoms with Gasteiger partial charge < -0.3 is 9.64 Å². The molecule has 3 rings (SSSR count). The molecule has 0 aliphatic carbocycles. The van der Waals surface area contributed by atoms with Gasteiger partial charge in [0.2, 0.25) is 0 Å². The molecule has 3 heteroatoms. The van der Waals surface area contributed by atoms with Gasteiger partial charge in [-0.05, 0) is 51.2 Å². The number of hydrogen-bond acceptors (Lipinski definition) is 2. The number of halogens is 1. The smallest absolute Gasteiger partial charge is 0.269 e. The first-order chi connectivity index (χ1) is 9.25. The second-order valence-electron chi connectivity index (χ2n) is 5.41. The lowest BCUT2D eigenvalue weighted by atomic mass is 9.91. The molecule has 1 aromatic rings. The molecule has 0 saturated carbocycles. The summed E-state index contributed by atoms with van der Waals surface area (Å²) in [4.78, 5) is 2.56. The summed E-state index contributed by atoms with van der Waals surface area (Å²) in [5.74, 6) is 1.12. The van der Waals surface area contributed by atoms with E-state index in [9.17, 15) is 0 Å². The molecular formula is C16H26FNO. The summed E-state index contributed by atoms with van der Waals surface area (Å²) in [6, 6.07) is 4.46. The van der Waals surface area contributed by atoms with Crippen molar-refractivity contribution >= 4 is 5.69 Å². The van der Waals surface area contributed by atoms with Crippen LogP contribution in [0.5, 0.6) is 5.75 Å². The molecule has 2 aliphatic rings. The van der Waals surface area contributed by atoms with Gasteiger partial charge in [-0.25, -0.2) is 0 Å². The third-order valence-electron chi connectivity index (χ3n) is 3.73. The van der Waals surface area contributed by atoms with Gasteiger partial charge in [-0.2, -0.15) is 0 Å². The first-order valence-corrected chi connectivity index (χ1v) is 6.82. The third-order valence-corrected chi connectivity index (χ3v) is 3.73. The van der Waals surface area contributed by atoms with E-state index in [1.165, 1.54) is 55.6 Å². The van der Waals surface area contributed by atoms with E-state index in [1.54, 1.807) is 0 Å². The second-order valence-corrected chi connectivity index (χ2v) is 5.41. The fourth-order valence-electron chi connectivity index (χ4n) is 3.11. The molecule has 1 aromatic carbocycles. The average Bonchev–Trinajstić information content (AvgIpc) is 2.44. The Balaban J connectivity index is 0.000000639. The lowest BCUT2D eigenvalue weighted by Gasteiger charge is -2.37. The highest BCUT2D eigenvalue weighted by Crippen LogP contribution is 2.40. The zero-order valence-corrected chi connectivity index (χ0v) is 11.2. The zero-order chi connectivity index (χ0) is 13.8. The number of anilines is 1. The maximum Gasteiger partial charge on any atom is 0.269 e. The van der Waals surface area contributed by atoms with E-state index in [1.807, 2.05) is 0 Å². The van der Waals surface area contributed by atoms with Gasteiger partial charge in [0.15, 0.2) is 0 Å². The van der Waals surface area contributed by atoms with E-state index < -0.39 is 0 Å². The summed E-state index contributed by atoms with van der Waals surface area (Å²) in [5.41, 5.74) is 4.49. The van der Waals surface area contributed by atoms with Crippen molar-refractivity contribution in [3.8, 4) is 5.75 Å². The van der Waals surface area contributed by atoms with E-state index in [-0.39, 0.29) is 13.5 Å². The van der Waals surface area contributed by atoms with Crippen LogP contribution < -0.4 is 9.64 Å². The van der Waals surface area contributed by atoms with Crippen LogP contribution in [0.3, 0.4) is 0 Å². The number of ether oxygens (including phenoxy) is 1.